The zero-order chi connectivity index (χ0) is 15.5. The van der Waals surface area contributed by atoms with E-state index >= 15 is 0 Å². The van der Waals surface area contributed by atoms with Crippen LogP contribution in [0.1, 0.15) is 0 Å². The Morgan fingerprint density at radius 3 is 2.82 bits per heavy atom. The van der Waals surface area contributed by atoms with Gasteiger partial charge in [-0.2, -0.15) is 4.40 Å². The van der Waals surface area contributed by atoms with Crippen molar-refractivity contribution in [1.82, 2.24) is 4.40 Å². The van der Waals surface area contributed by atoms with Crippen LogP contribution < -0.4 is 20.9 Å². The molecule has 1 aromatic carbocycles. The Bertz CT molecular complexity index is 858. The first-order valence-electron chi connectivity index (χ1n) is 6.82. The van der Waals surface area contributed by atoms with Gasteiger partial charge in [0.05, 0.1) is 12.5 Å². The standard InChI is InChI=1S/C16H15FN3O2/c17-9-12(10-18)11-22-20-14-6-2-1-5-13(14)16(21)19-8-4-3-7-15(19)20/h1-9H,10-11,18H2/q+1/b12-9+. The lowest BCUT2D eigenvalue weighted by Gasteiger charge is -2.08. The van der Waals surface area contributed by atoms with Gasteiger partial charge in [0.25, 0.3) is 0 Å². The van der Waals surface area contributed by atoms with Gasteiger partial charge in [-0.05, 0) is 22.9 Å². The maximum absolute atomic E-state index is 12.7. The molecule has 6 heteroatoms. The van der Waals surface area contributed by atoms with Crippen molar-refractivity contribution in [2.24, 2.45) is 5.73 Å². The minimum Gasteiger partial charge on any atom is -0.330 e. The fourth-order valence-electron chi connectivity index (χ4n) is 2.27. The third kappa shape index (κ3) is 2.33. The van der Waals surface area contributed by atoms with E-state index in [1.807, 2.05) is 6.07 Å². The van der Waals surface area contributed by atoms with E-state index in [0.717, 1.165) is 0 Å². The molecular weight excluding hydrogens is 285 g/mol. The summed E-state index contributed by atoms with van der Waals surface area (Å²) in [5.74, 6) is 0. The van der Waals surface area contributed by atoms with Crippen LogP contribution in [0.3, 0.4) is 0 Å². The van der Waals surface area contributed by atoms with E-state index in [0.29, 0.717) is 28.5 Å². The van der Waals surface area contributed by atoms with Gasteiger partial charge in [-0.1, -0.05) is 18.2 Å². The van der Waals surface area contributed by atoms with Crippen LogP contribution in [0.15, 0.2) is 65.4 Å². The molecule has 0 aliphatic carbocycles. The normalized spacial score (nSPS) is 12.0. The number of fused-ring (bicyclic) bond motifs is 2. The number of para-hydroxylation sites is 1. The first kappa shape index (κ1) is 14.2. The van der Waals surface area contributed by atoms with Gasteiger partial charge in [-0.25, -0.2) is 9.18 Å². The number of nitrogens with zero attached hydrogens (tertiary/aromatic N) is 2. The first-order valence-corrected chi connectivity index (χ1v) is 6.82. The van der Waals surface area contributed by atoms with Crippen LogP contribution in [0, 0.1) is 0 Å². The highest BCUT2D eigenvalue weighted by Gasteiger charge is 2.18. The fraction of sp³-hybridized carbons (Fsp3) is 0.125. The maximum atomic E-state index is 12.7. The first-order chi connectivity index (χ1) is 10.8. The topological polar surface area (TPSA) is 60.6 Å². The van der Waals surface area contributed by atoms with Crippen molar-refractivity contribution in [3.8, 4) is 0 Å². The molecule has 2 heterocycles. The zero-order valence-corrected chi connectivity index (χ0v) is 11.8. The number of halogens is 1. The molecule has 0 radical (unpaired) electrons. The Morgan fingerprint density at radius 2 is 2.05 bits per heavy atom. The summed E-state index contributed by atoms with van der Waals surface area (Å²) in [4.78, 5) is 18.2. The molecule has 0 saturated heterocycles. The molecule has 22 heavy (non-hydrogen) atoms. The smallest absolute Gasteiger partial charge is 0.330 e. The average Bonchev–Trinajstić information content (AvgIpc) is 2.58. The van der Waals surface area contributed by atoms with Crippen LogP contribution in [-0.2, 0) is 0 Å². The number of hydrogen-bond acceptors (Lipinski definition) is 3. The van der Waals surface area contributed by atoms with E-state index in [-0.39, 0.29) is 18.7 Å². The molecule has 0 fully saturated rings. The average molecular weight is 300 g/mol. The highest BCUT2D eigenvalue weighted by molar-refractivity contribution is 5.75. The number of pyridine rings is 1. The van der Waals surface area contributed by atoms with E-state index in [1.54, 1.807) is 42.6 Å². The van der Waals surface area contributed by atoms with E-state index in [2.05, 4.69) is 0 Å². The summed E-state index contributed by atoms with van der Waals surface area (Å²) < 4.78 is 15.7. The second-order valence-corrected chi connectivity index (χ2v) is 4.79. The van der Waals surface area contributed by atoms with Crippen molar-refractivity contribution in [1.29, 1.82) is 0 Å². The van der Waals surface area contributed by atoms with E-state index in [1.165, 1.54) is 9.13 Å². The number of aromatic nitrogens is 2. The summed E-state index contributed by atoms with van der Waals surface area (Å²) in [5.41, 5.74) is 6.82. The Balaban J connectivity index is 2.25. The molecule has 0 unspecified atom stereocenters. The molecule has 0 aliphatic rings. The van der Waals surface area contributed by atoms with Crippen molar-refractivity contribution in [2.45, 2.75) is 0 Å². The lowest BCUT2D eigenvalue weighted by atomic mass is 10.2. The van der Waals surface area contributed by atoms with E-state index in [4.69, 9.17) is 10.6 Å². The molecule has 0 spiro atoms. The quantitative estimate of drug-likeness (QED) is 0.577. The van der Waals surface area contributed by atoms with Crippen LogP contribution >= 0.6 is 0 Å². The molecular formula is C16H15FN3O2+. The lowest BCUT2D eigenvalue weighted by Crippen LogP contribution is -2.48. The second kappa shape index (κ2) is 5.95. The summed E-state index contributed by atoms with van der Waals surface area (Å²) >= 11 is 0. The zero-order valence-electron chi connectivity index (χ0n) is 11.8. The van der Waals surface area contributed by atoms with Gasteiger partial charge in [0, 0.05) is 18.2 Å². The third-order valence-corrected chi connectivity index (χ3v) is 3.41. The number of benzene rings is 1. The molecule has 0 aliphatic heterocycles. The van der Waals surface area contributed by atoms with Gasteiger partial charge in [0.15, 0.2) is 12.1 Å². The van der Waals surface area contributed by atoms with Gasteiger partial charge < -0.3 is 10.6 Å². The molecule has 0 saturated carbocycles. The molecule has 0 amide bonds. The molecule has 5 nitrogen and oxygen atoms in total. The molecule has 112 valence electrons. The number of nitrogens with two attached hydrogens (primary N) is 1. The highest BCUT2D eigenvalue weighted by Crippen LogP contribution is 2.06. The molecule has 0 atom stereocenters. The number of rotatable bonds is 4. The third-order valence-electron chi connectivity index (χ3n) is 3.41. The number of hydrogen-bond donors (Lipinski definition) is 1. The van der Waals surface area contributed by atoms with E-state index < -0.39 is 0 Å². The predicted molar refractivity (Wildman–Crippen MR) is 81.1 cm³/mol. The van der Waals surface area contributed by atoms with Gasteiger partial charge in [-0.3, -0.25) is 0 Å². The Labute approximate surface area is 125 Å². The molecule has 3 rings (SSSR count). The van der Waals surface area contributed by atoms with Crippen LogP contribution in [0.25, 0.3) is 16.6 Å². The molecule has 3 aromatic rings. The summed E-state index contributed by atoms with van der Waals surface area (Å²) in [5, 5.41) is 0.518. The molecule has 0 bridgehead atoms. The summed E-state index contributed by atoms with van der Waals surface area (Å²) in [6, 6.07) is 12.4. The Hall–Kier alpha value is -2.73. The fourth-order valence-corrected chi connectivity index (χ4v) is 2.27. The van der Waals surface area contributed by atoms with Crippen molar-refractivity contribution >= 4 is 16.6 Å². The predicted octanol–water partition coefficient (Wildman–Crippen LogP) is 0.981. The van der Waals surface area contributed by atoms with Gasteiger partial charge >= 0.3 is 11.2 Å². The minimum absolute atomic E-state index is 0.00438. The van der Waals surface area contributed by atoms with Crippen LogP contribution in [0.4, 0.5) is 4.39 Å². The van der Waals surface area contributed by atoms with Crippen molar-refractivity contribution in [3.05, 3.63) is 70.9 Å². The van der Waals surface area contributed by atoms with Crippen molar-refractivity contribution < 1.29 is 14.0 Å². The molecule has 2 N–H and O–H groups in total. The summed E-state index contributed by atoms with van der Waals surface area (Å²) in [6.45, 7) is 0.0735. The van der Waals surface area contributed by atoms with Crippen LogP contribution in [-0.4, -0.2) is 17.6 Å². The monoisotopic (exact) mass is 300 g/mol. The van der Waals surface area contributed by atoms with Crippen LogP contribution in [0.2, 0.25) is 0 Å². The summed E-state index contributed by atoms with van der Waals surface area (Å²) in [6.07, 6.45) is 2.11. The molecule has 2 aromatic heterocycles. The largest absolute Gasteiger partial charge is 0.350 e. The highest BCUT2D eigenvalue weighted by atomic mass is 19.1. The van der Waals surface area contributed by atoms with Gasteiger partial charge in [0.2, 0.25) is 0 Å². The van der Waals surface area contributed by atoms with Gasteiger partial charge in [-0.15, -0.1) is 0 Å². The van der Waals surface area contributed by atoms with E-state index in [9.17, 15) is 9.18 Å². The SMILES string of the molecule is NC/C(=C\F)CO[n+]1c2ccccc2c(=O)n2ccccc21. The maximum Gasteiger partial charge on any atom is 0.350 e. The van der Waals surface area contributed by atoms with Gasteiger partial charge in [0.1, 0.15) is 5.39 Å². The Morgan fingerprint density at radius 1 is 1.27 bits per heavy atom. The lowest BCUT2D eigenvalue weighted by molar-refractivity contribution is -0.852. The second-order valence-electron chi connectivity index (χ2n) is 4.79. The van der Waals surface area contributed by atoms with Crippen molar-refractivity contribution in [3.63, 3.8) is 0 Å². The summed E-state index contributed by atoms with van der Waals surface area (Å²) in [7, 11) is 0. The van der Waals surface area contributed by atoms with Crippen molar-refractivity contribution in [2.75, 3.05) is 13.2 Å². The minimum atomic E-state index is -0.133. The Kier molecular flexibility index (Phi) is 3.84. The van der Waals surface area contributed by atoms with Crippen LogP contribution in [0.5, 0.6) is 0 Å².